The molecule has 0 bridgehead atoms. The highest BCUT2D eigenvalue weighted by atomic mass is 35.5. The van der Waals surface area contributed by atoms with E-state index in [0.29, 0.717) is 6.08 Å². The van der Waals surface area contributed by atoms with Gasteiger partial charge in [-0.3, -0.25) is 9.52 Å². The number of carboxylic acids is 1. The summed E-state index contributed by atoms with van der Waals surface area (Å²) in [4.78, 5) is 21.3. The van der Waals surface area contributed by atoms with Crippen molar-refractivity contribution in [3.63, 3.8) is 0 Å². The number of benzene rings is 2. The van der Waals surface area contributed by atoms with Crippen LogP contribution in [0.5, 0.6) is 0 Å². The maximum absolute atomic E-state index is 12.5. The SMILES string of the molecule is O=C(O)C(=O)C=C(O)c1cccc(NS(=O)(=O)c2c(Cl)cccc2Cl)c1. The second-order valence-corrected chi connectivity index (χ2v) is 7.37. The molecule has 0 saturated heterocycles. The molecule has 0 aliphatic rings. The minimum Gasteiger partial charge on any atom is -0.507 e. The van der Waals surface area contributed by atoms with Gasteiger partial charge in [0.15, 0.2) is 0 Å². The van der Waals surface area contributed by atoms with Crippen LogP contribution in [0.1, 0.15) is 5.56 Å². The van der Waals surface area contributed by atoms with Crippen LogP contribution in [0.15, 0.2) is 53.4 Å². The van der Waals surface area contributed by atoms with Crippen molar-refractivity contribution >= 4 is 56.4 Å². The van der Waals surface area contributed by atoms with E-state index in [9.17, 15) is 23.1 Å². The normalized spacial score (nSPS) is 11.8. The molecule has 2 aromatic rings. The second kappa shape index (κ2) is 7.77. The maximum Gasteiger partial charge on any atom is 0.376 e. The number of hydrogen-bond donors (Lipinski definition) is 3. The summed E-state index contributed by atoms with van der Waals surface area (Å²) in [6.45, 7) is 0. The van der Waals surface area contributed by atoms with Crippen molar-refractivity contribution in [3.05, 3.63) is 64.1 Å². The lowest BCUT2D eigenvalue weighted by atomic mass is 10.1. The van der Waals surface area contributed by atoms with Gasteiger partial charge >= 0.3 is 5.97 Å². The van der Waals surface area contributed by atoms with Gasteiger partial charge in [-0.1, -0.05) is 41.4 Å². The third-order valence-corrected chi connectivity index (χ3v) is 5.41. The Morgan fingerprint density at radius 1 is 1.00 bits per heavy atom. The molecule has 26 heavy (non-hydrogen) atoms. The van der Waals surface area contributed by atoms with Gasteiger partial charge in [0.2, 0.25) is 0 Å². The molecule has 0 atom stereocenters. The Balaban J connectivity index is 2.37. The van der Waals surface area contributed by atoms with E-state index < -0.39 is 27.5 Å². The van der Waals surface area contributed by atoms with Crippen LogP contribution in [0, 0.1) is 0 Å². The maximum atomic E-state index is 12.5. The van der Waals surface area contributed by atoms with Crippen molar-refractivity contribution < 1.29 is 28.2 Å². The first-order valence-corrected chi connectivity index (χ1v) is 9.11. The van der Waals surface area contributed by atoms with E-state index in [1.807, 2.05) is 0 Å². The number of aliphatic hydroxyl groups excluding tert-OH is 1. The van der Waals surface area contributed by atoms with E-state index in [1.54, 1.807) is 0 Å². The molecule has 2 rings (SSSR count). The van der Waals surface area contributed by atoms with Crippen LogP contribution < -0.4 is 4.72 Å². The second-order valence-electron chi connectivity index (χ2n) is 4.94. The number of ketones is 1. The number of halogens is 2. The molecule has 0 radical (unpaired) electrons. The minimum absolute atomic E-state index is 0.0325. The highest BCUT2D eigenvalue weighted by Crippen LogP contribution is 2.30. The summed E-state index contributed by atoms with van der Waals surface area (Å²) in [6, 6.07) is 9.58. The van der Waals surface area contributed by atoms with Crippen molar-refractivity contribution in [1.29, 1.82) is 0 Å². The van der Waals surface area contributed by atoms with Crippen molar-refractivity contribution in [3.8, 4) is 0 Å². The lowest BCUT2D eigenvalue weighted by Gasteiger charge is -2.11. The van der Waals surface area contributed by atoms with E-state index in [2.05, 4.69) is 4.72 Å². The fourth-order valence-corrected chi connectivity index (χ4v) is 4.15. The number of hydrogen-bond acceptors (Lipinski definition) is 5. The Morgan fingerprint density at radius 2 is 1.58 bits per heavy atom. The summed E-state index contributed by atoms with van der Waals surface area (Å²) in [5, 5.41) is 18.2. The average Bonchev–Trinajstić information content (AvgIpc) is 2.54. The number of carbonyl (C=O) groups is 2. The summed E-state index contributed by atoms with van der Waals surface area (Å²) in [6.07, 6.45) is 0.515. The molecule has 0 heterocycles. The topological polar surface area (TPSA) is 121 Å². The molecule has 0 spiro atoms. The fraction of sp³-hybridized carbons (Fsp3) is 0. The van der Waals surface area contributed by atoms with Gasteiger partial charge in [0.25, 0.3) is 15.8 Å². The third kappa shape index (κ3) is 4.54. The monoisotopic (exact) mass is 415 g/mol. The van der Waals surface area contributed by atoms with E-state index >= 15 is 0 Å². The quantitative estimate of drug-likeness (QED) is 0.377. The summed E-state index contributed by atoms with van der Waals surface area (Å²) in [5.74, 6) is -3.69. The average molecular weight is 416 g/mol. The molecule has 0 aromatic heterocycles. The number of aliphatic hydroxyl groups is 1. The van der Waals surface area contributed by atoms with Crippen molar-refractivity contribution in [1.82, 2.24) is 0 Å². The van der Waals surface area contributed by atoms with Crippen LogP contribution >= 0.6 is 23.2 Å². The van der Waals surface area contributed by atoms with Crippen molar-refractivity contribution in [2.75, 3.05) is 4.72 Å². The molecule has 0 amide bonds. The third-order valence-electron chi connectivity index (χ3n) is 3.08. The first-order chi connectivity index (χ1) is 12.1. The van der Waals surface area contributed by atoms with Gasteiger partial charge in [0.05, 0.1) is 10.0 Å². The zero-order valence-corrected chi connectivity index (χ0v) is 15.1. The van der Waals surface area contributed by atoms with Gasteiger partial charge in [-0.05, 0) is 24.3 Å². The number of carboxylic acid groups (broad SMARTS) is 1. The number of sulfonamides is 1. The molecular weight excluding hydrogens is 405 g/mol. The van der Waals surface area contributed by atoms with Crippen molar-refractivity contribution in [2.45, 2.75) is 4.90 Å². The molecule has 0 unspecified atom stereocenters. The molecule has 0 aliphatic heterocycles. The van der Waals surface area contributed by atoms with Gasteiger partial charge in [-0.25, -0.2) is 13.2 Å². The van der Waals surface area contributed by atoms with Crippen LogP contribution in [0.2, 0.25) is 10.0 Å². The van der Waals surface area contributed by atoms with Crippen LogP contribution in [0.25, 0.3) is 5.76 Å². The van der Waals surface area contributed by atoms with E-state index in [0.717, 1.165) is 0 Å². The molecule has 2 aromatic carbocycles. The fourth-order valence-electron chi connectivity index (χ4n) is 1.96. The van der Waals surface area contributed by atoms with Crippen LogP contribution in [-0.2, 0) is 19.6 Å². The number of rotatable bonds is 6. The Bertz CT molecular complexity index is 997. The zero-order valence-electron chi connectivity index (χ0n) is 12.8. The summed E-state index contributed by atoms with van der Waals surface area (Å²) in [7, 11) is -4.13. The largest absolute Gasteiger partial charge is 0.507 e. The summed E-state index contributed by atoms with van der Waals surface area (Å²) >= 11 is 11.8. The van der Waals surface area contributed by atoms with Crippen molar-refractivity contribution in [2.24, 2.45) is 0 Å². The Kier molecular flexibility index (Phi) is 5.91. The highest BCUT2D eigenvalue weighted by molar-refractivity contribution is 7.93. The first kappa shape index (κ1) is 19.8. The van der Waals surface area contributed by atoms with Crippen LogP contribution in [0.3, 0.4) is 0 Å². The zero-order chi connectivity index (χ0) is 19.5. The number of nitrogens with one attached hydrogen (secondary N) is 1. The number of anilines is 1. The molecule has 3 N–H and O–H groups in total. The lowest BCUT2D eigenvalue weighted by Crippen LogP contribution is -2.14. The first-order valence-electron chi connectivity index (χ1n) is 6.87. The smallest absolute Gasteiger partial charge is 0.376 e. The summed E-state index contributed by atoms with van der Waals surface area (Å²) in [5.41, 5.74) is 0.0752. The molecule has 0 saturated carbocycles. The highest BCUT2D eigenvalue weighted by Gasteiger charge is 2.22. The van der Waals surface area contributed by atoms with Gasteiger partial charge in [-0.2, -0.15) is 0 Å². The standard InChI is InChI=1S/C16H11Cl2NO6S/c17-11-5-2-6-12(18)15(11)26(24,25)19-10-4-1-3-9(7-10)13(20)8-14(21)16(22)23/h1-8,19-20H,(H,22,23). The summed E-state index contributed by atoms with van der Waals surface area (Å²) < 4.78 is 27.3. The Labute approximate surface area is 158 Å². The number of aliphatic carboxylic acids is 1. The Morgan fingerprint density at radius 3 is 2.15 bits per heavy atom. The molecule has 0 aliphatic carbocycles. The van der Waals surface area contributed by atoms with Gasteiger partial charge < -0.3 is 10.2 Å². The van der Waals surface area contributed by atoms with Crippen LogP contribution in [0.4, 0.5) is 5.69 Å². The lowest BCUT2D eigenvalue weighted by molar-refractivity contribution is -0.146. The molecule has 7 nitrogen and oxygen atoms in total. The van der Waals surface area contributed by atoms with Gasteiger partial charge in [0, 0.05) is 17.3 Å². The molecular formula is C16H11Cl2NO6S. The van der Waals surface area contributed by atoms with Gasteiger partial charge in [-0.15, -0.1) is 0 Å². The predicted octanol–water partition coefficient (Wildman–Crippen LogP) is 3.35. The number of carbonyl (C=O) groups excluding carboxylic acids is 1. The Hall–Kier alpha value is -2.55. The van der Waals surface area contributed by atoms with E-state index in [4.69, 9.17) is 28.3 Å². The predicted molar refractivity (Wildman–Crippen MR) is 97.0 cm³/mol. The van der Waals surface area contributed by atoms with Gasteiger partial charge in [0.1, 0.15) is 10.7 Å². The van der Waals surface area contributed by atoms with Crippen LogP contribution in [-0.4, -0.2) is 30.4 Å². The molecule has 0 fully saturated rings. The van der Waals surface area contributed by atoms with E-state index in [1.165, 1.54) is 42.5 Å². The minimum atomic E-state index is -4.13. The molecule has 10 heteroatoms. The molecule has 136 valence electrons. The van der Waals surface area contributed by atoms with E-state index in [-0.39, 0.29) is 26.2 Å².